The molecule has 0 aromatic carbocycles. The summed E-state index contributed by atoms with van der Waals surface area (Å²) in [6.45, 7) is 0.178. The van der Waals surface area contributed by atoms with Crippen LogP contribution in [0.15, 0.2) is 0 Å². The maximum absolute atomic E-state index is 11.9. The number of nitrogens with one attached hydrogen (secondary N) is 1. The second-order valence-electron chi connectivity index (χ2n) is 4.80. The van der Waals surface area contributed by atoms with E-state index in [1.165, 1.54) is 11.3 Å². The second kappa shape index (κ2) is 4.91. The lowest BCUT2D eigenvalue weighted by Gasteiger charge is -2.26. The van der Waals surface area contributed by atoms with Crippen molar-refractivity contribution in [3.05, 3.63) is 0 Å². The van der Waals surface area contributed by atoms with Crippen LogP contribution in [0.2, 0.25) is 0 Å². The van der Waals surface area contributed by atoms with E-state index in [9.17, 15) is 14.7 Å². The molecule has 1 saturated carbocycles. The molecule has 2 N–H and O–H groups in total. The summed E-state index contributed by atoms with van der Waals surface area (Å²) in [6.07, 6.45) is 4.32. The summed E-state index contributed by atoms with van der Waals surface area (Å²) in [4.78, 5) is 25.8. The molecule has 2 fully saturated rings. The van der Waals surface area contributed by atoms with Gasteiger partial charge in [0.25, 0.3) is 0 Å². The number of rotatable bonds is 1. The summed E-state index contributed by atoms with van der Waals surface area (Å²) in [5, 5.41) is 12.5. The SMILES string of the molecule is CN1CC(O)N(C(=O)NC2CCCCC2)C1=O. The van der Waals surface area contributed by atoms with Crippen molar-refractivity contribution in [1.29, 1.82) is 0 Å². The minimum atomic E-state index is -1.03. The average Bonchev–Trinajstić information content (AvgIpc) is 2.54. The van der Waals surface area contributed by atoms with Crippen LogP contribution in [0.4, 0.5) is 9.59 Å². The highest BCUT2D eigenvalue weighted by Crippen LogP contribution is 2.19. The van der Waals surface area contributed by atoms with Crippen LogP contribution >= 0.6 is 0 Å². The first-order chi connectivity index (χ1) is 8.09. The number of amides is 4. The third-order valence-corrected chi connectivity index (χ3v) is 3.42. The smallest absolute Gasteiger partial charge is 0.330 e. The topological polar surface area (TPSA) is 72.9 Å². The van der Waals surface area contributed by atoms with E-state index < -0.39 is 18.3 Å². The predicted molar refractivity (Wildman–Crippen MR) is 61.3 cm³/mol. The van der Waals surface area contributed by atoms with Crippen molar-refractivity contribution in [2.45, 2.75) is 44.4 Å². The van der Waals surface area contributed by atoms with Gasteiger partial charge in [0.05, 0.1) is 6.54 Å². The zero-order valence-corrected chi connectivity index (χ0v) is 10.1. The minimum Gasteiger partial charge on any atom is -0.371 e. The number of imide groups is 1. The van der Waals surface area contributed by atoms with Gasteiger partial charge in [-0.1, -0.05) is 19.3 Å². The van der Waals surface area contributed by atoms with E-state index in [4.69, 9.17) is 0 Å². The summed E-state index contributed by atoms with van der Waals surface area (Å²) in [5.74, 6) is 0. The molecule has 1 aliphatic heterocycles. The van der Waals surface area contributed by atoms with E-state index in [1.807, 2.05) is 0 Å². The Morgan fingerprint density at radius 1 is 1.35 bits per heavy atom. The van der Waals surface area contributed by atoms with E-state index in [0.717, 1.165) is 30.6 Å². The van der Waals surface area contributed by atoms with Crippen molar-refractivity contribution in [3.8, 4) is 0 Å². The summed E-state index contributed by atoms with van der Waals surface area (Å²) in [5.41, 5.74) is 0. The third kappa shape index (κ3) is 2.52. The van der Waals surface area contributed by atoms with E-state index >= 15 is 0 Å². The highest BCUT2D eigenvalue weighted by Gasteiger charge is 2.39. The quantitative estimate of drug-likeness (QED) is 0.710. The average molecular weight is 241 g/mol. The first kappa shape index (κ1) is 12.2. The Kier molecular flexibility index (Phi) is 3.51. The van der Waals surface area contributed by atoms with Gasteiger partial charge in [0.2, 0.25) is 0 Å². The summed E-state index contributed by atoms with van der Waals surface area (Å²) < 4.78 is 0. The van der Waals surface area contributed by atoms with Crippen LogP contribution < -0.4 is 5.32 Å². The number of hydrogen-bond donors (Lipinski definition) is 2. The number of urea groups is 2. The molecule has 2 aliphatic rings. The van der Waals surface area contributed by atoms with Gasteiger partial charge in [-0.2, -0.15) is 0 Å². The van der Waals surface area contributed by atoms with Crippen molar-refractivity contribution in [3.63, 3.8) is 0 Å². The predicted octanol–water partition coefficient (Wildman–Crippen LogP) is 0.714. The molecule has 0 bridgehead atoms. The first-order valence-electron chi connectivity index (χ1n) is 6.12. The maximum atomic E-state index is 11.9. The zero-order valence-electron chi connectivity index (χ0n) is 10.1. The third-order valence-electron chi connectivity index (χ3n) is 3.42. The van der Waals surface area contributed by atoms with Crippen LogP contribution in [0.5, 0.6) is 0 Å². The number of carbonyl (C=O) groups excluding carboxylic acids is 2. The number of likely N-dealkylation sites (N-methyl/N-ethyl adjacent to an activating group) is 1. The lowest BCUT2D eigenvalue weighted by Crippen LogP contribution is -2.49. The molecular formula is C11H19N3O3. The van der Waals surface area contributed by atoms with Crippen molar-refractivity contribution in [2.75, 3.05) is 13.6 Å². The van der Waals surface area contributed by atoms with Crippen molar-refractivity contribution >= 4 is 12.1 Å². The molecule has 0 spiro atoms. The summed E-state index contributed by atoms with van der Waals surface area (Å²) in [6, 6.07) is -0.772. The minimum absolute atomic E-state index is 0.141. The fraction of sp³-hybridized carbons (Fsp3) is 0.818. The molecule has 96 valence electrons. The van der Waals surface area contributed by atoms with Gasteiger partial charge in [-0.15, -0.1) is 0 Å². The van der Waals surface area contributed by atoms with Gasteiger partial charge in [-0.05, 0) is 12.8 Å². The Labute approximate surface area is 101 Å². The number of nitrogens with zero attached hydrogens (tertiary/aromatic N) is 2. The molecule has 1 saturated heterocycles. The highest BCUT2D eigenvalue weighted by atomic mass is 16.3. The fourth-order valence-corrected chi connectivity index (χ4v) is 2.43. The standard InChI is InChI=1S/C11H19N3O3/c1-13-7-9(15)14(11(13)17)10(16)12-8-5-3-2-4-6-8/h8-9,15H,2-7H2,1H3,(H,12,16). The van der Waals surface area contributed by atoms with E-state index in [0.29, 0.717) is 0 Å². The Morgan fingerprint density at radius 3 is 2.53 bits per heavy atom. The van der Waals surface area contributed by atoms with Crippen LogP contribution in [0.1, 0.15) is 32.1 Å². The summed E-state index contributed by atoms with van der Waals surface area (Å²) >= 11 is 0. The molecule has 6 heteroatoms. The molecule has 1 aliphatic carbocycles. The van der Waals surface area contributed by atoms with Gasteiger partial charge >= 0.3 is 12.1 Å². The normalized spacial score (nSPS) is 26.5. The largest absolute Gasteiger partial charge is 0.371 e. The van der Waals surface area contributed by atoms with Gasteiger partial charge in [0.1, 0.15) is 0 Å². The number of aliphatic hydroxyl groups excluding tert-OH is 1. The van der Waals surface area contributed by atoms with Crippen LogP contribution in [0.25, 0.3) is 0 Å². The van der Waals surface area contributed by atoms with Gasteiger partial charge in [-0.25, -0.2) is 14.5 Å². The molecule has 0 aromatic heterocycles. The van der Waals surface area contributed by atoms with Crippen LogP contribution in [-0.4, -0.2) is 52.8 Å². The van der Waals surface area contributed by atoms with Crippen molar-refractivity contribution in [2.24, 2.45) is 0 Å². The number of β-amino-alcohol motifs (C(OH)–C–C–N with tert-alkyl or cyclic N) is 1. The van der Waals surface area contributed by atoms with Gasteiger partial charge < -0.3 is 15.3 Å². The molecule has 1 atom stereocenters. The molecule has 2 rings (SSSR count). The maximum Gasteiger partial charge on any atom is 0.330 e. The lowest BCUT2D eigenvalue weighted by molar-refractivity contribution is 0.0793. The zero-order chi connectivity index (χ0) is 12.4. The second-order valence-corrected chi connectivity index (χ2v) is 4.80. The van der Waals surface area contributed by atoms with E-state index in [-0.39, 0.29) is 12.6 Å². The van der Waals surface area contributed by atoms with Crippen LogP contribution in [0, 0.1) is 0 Å². The molecule has 0 radical (unpaired) electrons. The number of carbonyl (C=O) groups is 2. The van der Waals surface area contributed by atoms with E-state index in [1.54, 1.807) is 7.05 Å². The van der Waals surface area contributed by atoms with Crippen molar-refractivity contribution in [1.82, 2.24) is 15.1 Å². The number of aliphatic hydroxyl groups is 1. The lowest BCUT2D eigenvalue weighted by atomic mass is 9.96. The first-order valence-corrected chi connectivity index (χ1v) is 6.12. The number of hydrogen-bond acceptors (Lipinski definition) is 3. The molecule has 0 aromatic rings. The van der Waals surface area contributed by atoms with Crippen molar-refractivity contribution < 1.29 is 14.7 Å². The monoisotopic (exact) mass is 241 g/mol. The van der Waals surface area contributed by atoms with Gasteiger partial charge in [0, 0.05) is 13.1 Å². The van der Waals surface area contributed by atoms with Gasteiger partial charge in [-0.3, -0.25) is 0 Å². The Bertz CT molecular complexity index is 315. The molecule has 4 amide bonds. The Balaban J connectivity index is 1.92. The highest BCUT2D eigenvalue weighted by molar-refractivity contribution is 5.95. The summed E-state index contributed by atoms with van der Waals surface area (Å²) in [7, 11) is 1.57. The molecule has 1 heterocycles. The Morgan fingerprint density at radius 2 is 2.00 bits per heavy atom. The fourth-order valence-electron chi connectivity index (χ4n) is 2.43. The molecule has 1 unspecified atom stereocenters. The molecule has 6 nitrogen and oxygen atoms in total. The Hall–Kier alpha value is -1.30. The molecular weight excluding hydrogens is 222 g/mol. The molecule has 17 heavy (non-hydrogen) atoms. The van der Waals surface area contributed by atoms with E-state index in [2.05, 4.69) is 5.32 Å². The van der Waals surface area contributed by atoms with Crippen LogP contribution in [-0.2, 0) is 0 Å². The van der Waals surface area contributed by atoms with Gasteiger partial charge in [0.15, 0.2) is 6.23 Å². The van der Waals surface area contributed by atoms with Crippen LogP contribution in [0.3, 0.4) is 0 Å².